The first-order valence-electron chi connectivity index (χ1n) is 9.67. The number of hydrogen-bond donors (Lipinski definition) is 1. The van der Waals surface area contributed by atoms with E-state index >= 15 is 0 Å². The van der Waals surface area contributed by atoms with Crippen LogP contribution in [0.1, 0.15) is 62.5 Å². The molecule has 0 saturated carbocycles. The number of hydrogen-bond acceptors (Lipinski definition) is 2. The smallest absolute Gasteiger partial charge is 0.358 e. The first-order valence-corrected chi connectivity index (χ1v) is 9.67. The van der Waals surface area contributed by atoms with Crippen molar-refractivity contribution in [2.24, 2.45) is 0 Å². The molecule has 0 aliphatic carbocycles. The van der Waals surface area contributed by atoms with Crippen LogP contribution in [0.5, 0.6) is 0 Å². The van der Waals surface area contributed by atoms with E-state index in [9.17, 15) is 27.2 Å². The Morgan fingerprint density at radius 1 is 1.10 bits per heavy atom. The Labute approximate surface area is 171 Å². The van der Waals surface area contributed by atoms with Gasteiger partial charge in [0.2, 0.25) is 0 Å². The van der Waals surface area contributed by atoms with Crippen molar-refractivity contribution >= 4 is 17.8 Å². The fourth-order valence-corrected chi connectivity index (χ4v) is 3.67. The molecule has 1 fully saturated rings. The number of allylic oxidation sites excluding steroid dienone is 1. The number of piperidine rings is 1. The van der Waals surface area contributed by atoms with E-state index in [0.29, 0.717) is 47.7 Å². The Balaban J connectivity index is 1.80. The number of alkyl halides is 3. The first-order chi connectivity index (χ1) is 14.1. The number of carbonyl (C=O) groups excluding carboxylic acids is 2. The van der Waals surface area contributed by atoms with E-state index in [1.165, 1.54) is 6.08 Å². The summed E-state index contributed by atoms with van der Waals surface area (Å²) < 4.78 is 51.7. The number of aromatic amines is 1. The molecular formula is C22H22F4N2O2. The molecule has 1 aromatic carbocycles. The average Bonchev–Trinajstić information content (AvgIpc) is 2.98. The van der Waals surface area contributed by atoms with Crippen LogP contribution >= 0.6 is 0 Å². The van der Waals surface area contributed by atoms with E-state index in [1.54, 1.807) is 13.8 Å². The highest BCUT2D eigenvalue weighted by Crippen LogP contribution is 2.31. The van der Waals surface area contributed by atoms with Crippen molar-refractivity contribution in [1.29, 1.82) is 0 Å². The molecule has 4 nitrogen and oxygen atoms in total. The van der Waals surface area contributed by atoms with Crippen molar-refractivity contribution in [3.63, 3.8) is 0 Å². The zero-order chi connectivity index (χ0) is 22.1. The number of carbonyl (C=O) groups is 2. The van der Waals surface area contributed by atoms with E-state index in [1.807, 2.05) is 4.90 Å². The molecule has 1 amide bonds. The number of nitrogens with one attached hydrogen (secondary N) is 1. The second-order valence-electron chi connectivity index (χ2n) is 7.41. The molecule has 1 aliphatic heterocycles. The lowest BCUT2D eigenvalue weighted by atomic mass is 10.0. The van der Waals surface area contributed by atoms with Crippen molar-refractivity contribution in [2.45, 2.75) is 39.3 Å². The summed E-state index contributed by atoms with van der Waals surface area (Å²) in [6.07, 6.45) is 0.828. The number of aryl methyl sites for hydroxylation is 1. The Morgan fingerprint density at radius 3 is 2.37 bits per heavy atom. The number of H-pyrrole nitrogens is 1. The molecule has 8 heteroatoms. The highest BCUT2D eigenvalue weighted by molar-refractivity contribution is 6.07. The lowest BCUT2D eigenvalue weighted by molar-refractivity contribution is -0.140. The topological polar surface area (TPSA) is 53.2 Å². The van der Waals surface area contributed by atoms with E-state index in [0.717, 1.165) is 31.4 Å². The third kappa shape index (κ3) is 4.47. The maximum atomic E-state index is 13.7. The summed E-state index contributed by atoms with van der Waals surface area (Å²) in [6.45, 7) is 4.97. The van der Waals surface area contributed by atoms with Gasteiger partial charge in [0.25, 0.3) is 5.91 Å². The fourth-order valence-electron chi connectivity index (χ4n) is 3.67. The molecule has 1 N–H and O–H groups in total. The lowest BCUT2D eigenvalue weighted by Crippen LogP contribution is -2.36. The van der Waals surface area contributed by atoms with Crippen molar-refractivity contribution in [3.8, 4) is 0 Å². The van der Waals surface area contributed by atoms with Gasteiger partial charge in [-0.05, 0) is 63.0 Å². The van der Waals surface area contributed by atoms with E-state index in [-0.39, 0.29) is 11.5 Å². The minimum absolute atomic E-state index is 0.0586. The molecule has 2 aromatic rings. The van der Waals surface area contributed by atoms with Gasteiger partial charge in [-0.3, -0.25) is 9.59 Å². The van der Waals surface area contributed by atoms with Crippen LogP contribution in [0.25, 0.3) is 6.08 Å². The number of nitrogens with zero attached hydrogens (tertiary/aromatic N) is 1. The molecule has 1 aliphatic rings. The normalized spacial score (nSPS) is 15.1. The summed E-state index contributed by atoms with van der Waals surface area (Å²) in [7, 11) is 0. The molecule has 1 saturated heterocycles. The van der Waals surface area contributed by atoms with Crippen molar-refractivity contribution in [2.75, 3.05) is 13.1 Å². The minimum Gasteiger partial charge on any atom is -0.358 e. The molecule has 1 aromatic heterocycles. The SMILES string of the molecule is Cc1[nH]c(/C=C/C(=O)c2ccc(C(F)(F)F)c(F)c2)c(C)c1C(=O)N1CCCCC1. The monoisotopic (exact) mass is 422 g/mol. The second-order valence-corrected chi connectivity index (χ2v) is 7.41. The zero-order valence-corrected chi connectivity index (χ0v) is 16.7. The van der Waals surface area contributed by atoms with Gasteiger partial charge >= 0.3 is 6.18 Å². The molecule has 0 unspecified atom stereocenters. The van der Waals surface area contributed by atoms with Crippen LogP contribution in [0.3, 0.4) is 0 Å². The van der Waals surface area contributed by atoms with Crippen LogP contribution in [0.15, 0.2) is 24.3 Å². The molecule has 0 spiro atoms. The largest absolute Gasteiger partial charge is 0.419 e. The Bertz CT molecular complexity index is 999. The summed E-state index contributed by atoms with van der Waals surface area (Å²) in [5.41, 5.74) is 0.863. The third-order valence-corrected chi connectivity index (χ3v) is 5.29. The quantitative estimate of drug-likeness (QED) is 0.412. The van der Waals surface area contributed by atoms with Crippen molar-refractivity contribution in [1.82, 2.24) is 9.88 Å². The highest BCUT2D eigenvalue weighted by atomic mass is 19.4. The Kier molecular flexibility index (Phi) is 6.14. The van der Waals surface area contributed by atoms with Gasteiger partial charge in [-0.25, -0.2) is 4.39 Å². The van der Waals surface area contributed by atoms with Gasteiger partial charge < -0.3 is 9.88 Å². The van der Waals surface area contributed by atoms with Crippen LogP contribution in [0, 0.1) is 19.7 Å². The molecule has 0 atom stereocenters. The number of halogens is 4. The maximum Gasteiger partial charge on any atom is 0.419 e. The number of amides is 1. The minimum atomic E-state index is -4.82. The molecule has 30 heavy (non-hydrogen) atoms. The molecular weight excluding hydrogens is 400 g/mol. The summed E-state index contributed by atoms with van der Waals surface area (Å²) in [5.74, 6) is -2.20. The Hall–Kier alpha value is -2.90. The van der Waals surface area contributed by atoms with Gasteiger partial charge in [0.1, 0.15) is 5.82 Å². The summed E-state index contributed by atoms with van der Waals surface area (Å²) in [5, 5.41) is 0. The Morgan fingerprint density at radius 2 is 1.77 bits per heavy atom. The summed E-state index contributed by atoms with van der Waals surface area (Å²) in [6, 6.07) is 2.07. The predicted octanol–water partition coefficient (Wildman–Crippen LogP) is 5.31. The zero-order valence-electron chi connectivity index (χ0n) is 16.7. The number of aromatic nitrogens is 1. The predicted molar refractivity (Wildman–Crippen MR) is 105 cm³/mol. The number of rotatable bonds is 4. The lowest BCUT2D eigenvalue weighted by Gasteiger charge is -2.27. The maximum absolute atomic E-state index is 13.7. The van der Waals surface area contributed by atoms with Crippen LogP contribution < -0.4 is 0 Å². The van der Waals surface area contributed by atoms with Gasteiger partial charge in [0.05, 0.1) is 11.1 Å². The van der Waals surface area contributed by atoms with Crippen molar-refractivity contribution in [3.05, 3.63) is 63.7 Å². The van der Waals surface area contributed by atoms with Gasteiger partial charge in [0.15, 0.2) is 5.78 Å². The second kappa shape index (κ2) is 8.45. The fraction of sp³-hybridized carbons (Fsp3) is 0.364. The van der Waals surface area contributed by atoms with Crippen molar-refractivity contribution < 1.29 is 27.2 Å². The van der Waals surface area contributed by atoms with E-state index in [2.05, 4.69) is 4.98 Å². The number of likely N-dealkylation sites (tertiary alicyclic amines) is 1. The van der Waals surface area contributed by atoms with Crippen LogP contribution in [-0.2, 0) is 6.18 Å². The summed E-state index contributed by atoms with van der Waals surface area (Å²) in [4.78, 5) is 30.0. The molecule has 160 valence electrons. The third-order valence-electron chi connectivity index (χ3n) is 5.29. The van der Waals surface area contributed by atoms with Gasteiger partial charge in [-0.1, -0.05) is 6.07 Å². The molecule has 2 heterocycles. The number of ketones is 1. The van der Waals surface area contributed by atoms with Gasteiger partial charge in [-0.15, -0.1) is 0 Å². The summed E-state index contributed by atoms with van der Waals surface area (Å²) >= 11 is 0. The average molecular weight is 422 g/mol. The van der Waals surface area contributed by atoms with E-state index in [4.69, 9.17) is 0 Å². The van der Waals surface area contributed by atoms with Gasteiger partial charge in [-0.2, -0.15) is 13.2 Å². The van der Waals surface area contributed by atoms with E-state index < -0.39 is 23.3 Å². The number of benzene rings is 1. The molecule has 3 rings (SSSR count). The van der Waals surface area contributed by atoms with Crippen LogP contribution in [-0.4, -0.2) is 34.7 Å². The molecule has 0 bridgehead atoms. The van der Waals surface area contributed by atoms with Gasteiger partial charge in [0, 0.05) is 30.0 Å². The van der Waals surface area contributed by atoms with Crippen LogP contribution in [0.4, 0.5) is 17.6 Å². The first kappa shape index (κ1) is 21.8. The standard InChI is InChI=1S/C22H22F4N2O2/c1-13-18(27-14(2)20(13)21(30)28-10-4-3-5-11-28)8-9-19(29)15-6-7-16(17(23)12-15)22(24,25)26/h6-9,12,27H,3-5,10-11H2,1-2H3/b9-8+. The molecule has 0 radical (unpaired) electrons. The van der Waals surface area contributed by atoms with Crippen LogP contribution in [0.2, 0.25) is 0 Å². The highest BCUT2D eigenvalue weighted by Gasteiger charge is 2.34.